The minimum Gasteiger partial charge on any atom is -0.503 e. The van der Waals surface area contributed by atoms with Gasteiger partial charge in [-0.15, -0.1) is 0 Å². The van der Waals surface area contributed by atoms with Crippen molar-refractivity contribution in [2.45, 2.75) is 26.3 Å². The molecular formula is C29H36N2O6. The highest BCUT2D eigenvalue weighted by Crippen LogP contribution is 2.45. The van der Waals surface area contributed by atoms with Crippen molar-refractivity contribution in [3.63, 3.8) is 0 Å². The first kappa shape index (κ1) is 27.8. The molecule has 0 aliphatic carbocycles. The highest BCUT2D eigenvalue weighted by molar-refractivity contribution is 6.14. The van der Waals surface area contributed by atoms with Gasteiger partial charge in [0.1, 0.15) is 0 Å². The van der Waals surface area contributed by atoms with Crippen LogP contribution < -0.4 is 14.2 Å². The summed E-state index contributed by atoms with van der Waals surface area (Å²) in [6.07, 6.45) is 3.74. The Bertz CT molecular complexity index is 1130. The number of methoxy groups -OCH3 is 3. The summed E-state index contributed by atoms with van der Waals surface area (Å²) in [5, 5.41) is 10.9. The number of carbonyl (C=O) groups is 2. The van der Waals surface area contributed by atoms with Crippen molar-refractivity contribution in [3.05, 3.63) is 71.0 Å². The molecule has 0 aromatic heterocycles. The highest BCUT2D eigenvalue weighted by atomic mass is 16.5. The SMILES string of the molecule is CCN(CC)CCCN1C(=O)C(O)=C(C(=O)C=Cc2ccccc2)C1c1cc(OC)c(OC)c(OC)c1. The van der Waals surface area contributed by atoms with Gasteiger partial charge < -0.3 is 29.1 Å². The van der Waals surface area contributed by atoms with Crippen molar-refractivity contribution in [1.29, 1.82) is 0 Å². The Balaban J connectivity index is 2.04. The fourth-order valence-corrected chi connectivity index (χ4v) is 4.57. The van der Waals surface area contributed by atoms with Gasteiger partial charge in [0.25, 0.3) is 5.91 Å². The second-order valence-corrected chi connectivity index (χ2v) is 8.61. The minimum atomic E-state index is -0.814. The van der Waals surface area contributed by atoms with Gasteiger partial charge in [0.05, 0.1) is 32.9 Å². The van der Waals surface area contributed by atoms with Gasteiger partial charge in [-0.1, -0.05) is 50.3 Å². The molecule has 0 fully saturated rings. The Morgan fingerprint density at radius 1 is 1.03 bits per heavy atom. The summed E-state index contributed by atoms with van der Waals surface area (Å²) in [6, 6.07) is 12.0. The number of benzene rings is 2. The number of aliphatic hydroxyl groups is 1. The van der Waals surface area contributed by atoms with Crippen LogP contribution in [0.15, 0.2) is 59.9 Å². The maximum Gasteiger partial charge on any atom is 0.290 e. The second-order valence-electron chi connectivity index (χ2n) is 8.61. The van der Waals surface area contributed by atoms with Crippen LogP contribution in [-0.4, -0.2) is 74.1 Å². The predicted molar refractivity (Wildman–Crippen MR) is 143 cm³/mol. The van der Waals surface area contributed by atoms with Crippen LogP contribution in [0, 0.1) is 0 Å². The highest BCUT2D eigenvalue weighted by Gasteiger charge is 2.43. The summed E-state index contributed by atoms with van der Waals surface area (Å²) >= 11 is 0. The van der Waals surface area contributed by atoms with E-state index in [-0.39, 0.29) is 5.57 Å². The smallest absolute Gasteiger partial charge is 0.290 e. The van der Waals surface area contributed by atoms with Gasteiger partial charge >= 0.3 is 0 Å². The minimum absolute atomic E-state index is 0.0225. The fraction of sp³-hybridized carbons (Fsp3) is 0.379. The van der Waals surface area contributed by atoms with Gasteiger partial charge in [0, 0.05) is 6.54 Å². The van der Waals surface area contributed by atoms with E-state index in [1.54, 1.807) is 23.1 Å². The van der Waals surface area contributed by atoms with E-state index in [0.29, 0.717) is 35.8 Å². The van der Waals surface area contributed by atoms with Crippen molar-refractivity contribution >= 4 is 17.8 Å². The Labute approximate surface area is 218 Å². The van der Waals surface area contributed by atoms with E-state index in [1.807, 2.05) is 30.3 Å². The molecule has 0 bridgehead atoms. The third-order valence-electron chi connectivity index (χ3n) is 6.57. The third kappa shape index (κ3) is 6.14. The topological polar surface area (TPSA) is 88.5 Å². The molecule has 37 heavy (non-hydrogen) atoms. The summed E-state index contributed by atoms with van der Waals surface area (Å²) in [6.45, 7) is 7.13. The number of allylic oxidation sites excluding steroid dienone is 1. The number of ether oxygens (including phenoxy) is 3. The average Bonchev–Trinajstić information content (AvgIpc) is 3.18. The number of hydrogen-bond donors (Lipinski definition) is 1. The zero-order chi connectivity index (χ0) is 26.9. The Morgan fingerprint density at radius 3 is 2.19 bits per heavy atom. The first-order valence-corrected chi connectivity index (χ1v) is 12.4. The number of nitrogens with zero attached hydrogens (tertiary/aromatic N) is 2. The average molecular weight is 509 g/mol. The summed E-state index contributed by atoms with van der Waals surface area (Å²) < 4.78 is 16.5. The molecule has 1 amide bonds. The molecule has 0 radical (unpaired) electrons. The van der Waals surface area contributed by atoms with Crippen molar-refractivity contribution in [2.75, 3.05) is 47.5 Å². The number of rotatable bonds is 13. The van der Waals surface area contributed by atoms with E-state index in [9.17, 15) is 14.7 Å². The number of carbonyl (C=O) groups excluding carboxylic acids is 2. The van der Waals surface area contributed by atoms with E-state index in [4.69, 9.17) is 14.2 Å². The zero-order valence-corrected chi connectivity index (χ0v) is 22.2. The molecule has 1 atom stereocenters. The van der Waals surface area contributed by atoms with Crippen LogP contribution >= 0.6 is 0 Å². The van der Waals surface area contributed by atoms with Gasteiger partial charge in [-0.2, -0.15) is 0 Å². The summed E-state index contributed by atoms with van der Waals surface area (Å²) in [4.78, 5) is 30.5. The van der Waals surface area contributed by atoms with E-state index < -0.39 is 23.5 Å². The summed E-state index contributed by atoms with van der Waals surface area (Å²) in [7, 11) is 4.52. The van der Waals surface area contributed by atoms with Gasteiger partial charge in [-0.05, 0) is 55.4 Å². The van der Waals surface area contributed by atoms with E-state index in [2.05, 4.69) is 18.7 Å². The Kier molecular flexibility index (Phi) is 9.74. The number of amides is 1. The molecular weight excluding hydrogens is 472 g/mol. The molecule has 1 N–H and O–H groups in total. The number of ketones is 1. The molecule has 0 saturated carbocycles. The molecule has 0 saturated heterocycles. The van der Waals surface area contributed by atoms with E-state index >= 15 is 0 Å². The van der Waals surface area contributed by atoms with Crippen LogP contribution in [0.4, 0.5) is 0 Å². The Hall–Kier alpha value is -3.78. The quantitative estimate of drug-likeness (QED) is 0.401. The summed E-state index contributed by atoms with van der Waals surface area (Å²) in [5.41, 5.74) is 1.43. The molecule has 2 aromatic carbocycles. The third-order valence-corrected chi connectivity index (χ3v) is 6.57. The normalized spacial score (nSPS) is 15.7. The maximum absolute atomic E-state index is 13.4. The van der Waals surface area contributed by atoms with Gasteiger partial charge in [0.2, 0.25) is 5.75 Å². The van der Waals surface area contributed by atoms with Gasteiger partial charge in [-0.25, -0.2) is 0 Å². The molecule has 198 valence electrons. The van der Waals surface area contributed by atoms with Crippen molar-refractivity contribution in [1.82, 2.24) is 9.80 Å². The lowest BCUT2D eigenvalue weighted by atomic mass is 9.94. The Morgan fingerprint density at radius 2 is 1.65 bits per heavy atom. The monoisotopic (exact) mass is 508 g/mol. The molecule has 1 heterocycles. The molecule has 2 aromatic rings. The summed E-state index contributed by atoms with van der Waals surface area (Å²) in [5.74, 6) is -0.370. The van der Waals surface area contributed by atoms with E-state index in [0.717, 1.165) is 25.2 Å². The standard InChI is InChI=1S/C29H36N2O6/c1-6-30(7-2)16-11-17-31-26(21-18-23(35-3)28(37-5)24(19-21)36-4)25(27(33)29(31)34)22(32)15-14-20-12-9-8-10-13-20/h8-10,12-15,18-19,26,33H,6-7,11,16-17H2,1-5H3. The lowest BCUT2D eigenvalue weighted by molar-refractivity contribution is -0.129. The number of aliphatic hydroxyl groups excluding tert-OH is 1. The molecule has 3 rings (SSSR count). The lowest BCUT2D eigenvalue weighted by Crippen LogP contribution is -2.34. The maximum atomic E-state index is 13.4. The lowest BCUT2D eigenvalue weighted by Gasteiger charge is -2.28. The predicted octanol–water partition coefficient (Wildman–Crippen LogP) is 4.42. The van der Waals surface area contributed by atoms with Crippen LogP contribution in [-0.2, 0) is 9.59 Å². The zero-order valence-electron chi connectivity index (χ0n) is 22.2. The molecule has 1 unspecified atom stereocenters. The molecule has 1 aliphatic rings. The molecule has 8 heteroatoms. The van der Waals surface area contributed by atoms with Crippen LogP contribution in [0.2, 0.25) is 0 Å². The first-order valence-electron chi connectivity index (χ1n) is 12.4. The van der Waals surface area contributed by atoms with Crippen molar-refractivity contribution < 1.29 is 28.9 Å². The molecule has 0 spiro atoms. The van der Waals surface area contributed by atoms with Crippen molar-refractivity contribution in [3.8, 4) is 17.2 Å². The van der Waals surface area contributed by atoms with Crippen LogP contribution in [0.1, 0.15) is 37.4 Å². The van der Waals surface area contributed by atoms with Crippen LogP contribution in [0.3, 0.4) is 0 Å². The first-order chi connectivity index (χ1) is 17.9. The van der Waals surface area contributed by atoms with Gasteiger partial charge in [-0.3, -0.25) is 9.59 Å². The van der Waals surface area contributed by atoms with Crippen LogP contribution in [0.25, 0.3) is 6.08 Å². The van der Waals surface area contributed by atoms with Gasteiger partial charge in [0.15, 0.2) is 23.0 Å². The van der Waals surface area contributed by atoms with E-state index in [1.165, 1.54) is 27.4 Å². The second kappa shape index (κ2) is 13.0. The fourth-order valence-electron chi connectivity index (χ4n) is 4.57. The number of hydrogen-bond acceptors (Lipinski definition) is 7. The van der Waals surface area contributed by atoms with Crippen molar-refractivity contribution in [2.24, 2.45) is 0 Å². The molecule has 8 nitrogen and oxygen atoms in total. The molecule has 1 aliphatic heterocycles. The largest absolute Gasteiger partial charge is 0.503 e. The van der Waals surface area contributed by atoms with Crippen LogP contribution in [0.5, 0.6) is 17.2 Å².